The van der Waals surface area contributed by atoms with E-state index in [1.807, 2.05) is 0 Å². The Labute approximate surface area is 63.7 Å². The Morgan fingerprint density at radius 1 is 1.82 bits per heavy atom. The second-order valence-corrected chi connectivity index (χ2v) is 2.06. The summed E-state index contributed by atoms with van der Waals surface area (Å²) in [7, 11) is 1.38. The Morgan fingerprint density at radius 3 is 3.00 bits per heavy atom. The molecule has 0 fully saturated rings. The van der Waals surface area contributed by atoms with Gasteiger partial charge in [0.25, 0.3) is 5.91 Å². The average molecular weight is 155 g/mol. The summed E-state index contributed by atoms with van der Waals surface area (Å²) in [6, 6.07) is 0. The minimum Gasteiger partial charge on any atom is -0.277 e. The maximum atomic E-state index is 11.0. The third-order valence-electron chi connectivity index (χ3n) is 1.25. The van der Waals surface area contributed by atoms with Gasteiger partial charge < -0.3 is 0 Å². The first-order valence-corrected chi connectivity index (χ1v) is 3.09. The van der Waals surface area contributed by atoms with Crippen molar-refractivity contribution >= 4 is 5.91 Å². The van der Waals surface area contributed by atoms with Crippen LogP contribution in [0.1, 0.15) is 16.1 Å². The second-order valence-electron chi connectivity index (χ2n) is 2.06. The standard InChI is InChI=1S/C6H9N3O2/c1-4-3-7-8-5(4)6(10)9-11-2/h3H,1-2H3,(H,7,8)(H,9,10). The predicted molar refractivity (Wildman–Crippen MR) is 37.8 cm³/mol. The van der Waals surface area contributed by atoms with E-state index < -0.39 is 0 Å². The van der Waals surface area contributed by atoms with E-state index in [0.29, 0.717) is 5.69 Å². The molecule has 60 valence electrons. The summed E-state index contributed by atoms with van der Waals surface area (Å²) < 4.78 is 0. The maximum absolute atomic E-state index is 11.0. The van der Waals surface area contributed by atoms with Crippen molar-refractivity contribution in [3.8, 4) is 0 Å². The van der Waals surface area contributed by atoms with Crippen molar-refractivity contribution in [2.24, 2.45) is 0 Å². The number of hydroxylamine groups is 1. The molecule has 0 saturated carbocycles. The molecule has 11 heavy (non-hydrogen) atoms. The molecule has 0 radical (unpaired) electrons. The van der Waals surface area contributed by atoms with Crippen LogP contribution in [0, 0.1) is 6.92 Å². The smallest absolute Gasteiger partial charge is 0.277 e. The van der Waals surface area contributed by atoms with Gasteiger partial charge in [0.1, 0.15) is 5.69 Å². The van der Waals surface area contributed by atoms with Gasteiger partial charge in [0.05, 0.1) is 13.3 Å². The van der Waals surface area contributed by atoms with Gasteiger partial charge in [-0.3, -0.25) is 14.7 Å². The van der Waals surface area contributed by atoms with Gasteiger partial charge in [0.15, 0.2) is 0 Å². The Balaban J connectivity index is 2.76. The molecule has 5 heteroatoms. The first-order valence-electron chi connectivity index (χ1n) is 3.09. The highest BCUT2D eigenvalue weighted by Gasteiger charge is 2.08. The lowest BCUT2D eigenvalue weighted by Gasteiger charge is -1.98. The average Bonchev–Trinajstić information content (AvgIpc) is 2.36. The van der Waals surface area contributed by atoms with E-state index in [4.69, 9.17) is 0 Å². The fourth-order valence-corrected chi connectivity index (χ4v) is 0.720. The first kappa shape index (κ1) is 7.74. The molecule has 1 amide bonds. The quantitative estimate of drug-likeness (QED) is 0.591. The maximum Gasteiger partial charge on any atom is 0.293 e. The normalized spacial score (nSPS) is 9.64. The molecule has 2 N–H and O–H groups in total. The molecule has 1 heterocycles. The zero-order valence-electron chi connectivity index (χ0n) is 6.34. The van der Waals surface area contributed by atoms with Gasteiger partial charge in [0.2, 0.25) is 0 Å². The highest BCUT2D eigenvalue weighted by atomic mass is 16.6. The lowest BCUT2D eigenvalue weighted by atomic mass is 10.3. The Hall–Kier alpha value is -1.36. The van der Waals surface area contributed by atoms with Gasteiger partial charge in [-0.1, -0.05) is 0 Å². The van der Waals surface area contributed by atoms with E-state index in [1.165, 1.54) is 7.11 Å². The number of H-pyrrole nitrogens is 1. The van der Waals surface area contributed by atoms with Gasteiger partial charge in [-0.2, -0.15) is 5.10 Å². The van der Waals surface area contributed by atoms with Crippen LogP contribution in [-0.2, 0) is 4.84 Å². The summed E-state index contributed by atoms with van der Waals surface area (Å²) >= 11 is 0. The molecule has 1 aromatic heterocycles. The summed E-state index contributed by atoms with van der Waals surface area (Å²) in [5.41, 5.74) is 3.39. The second kappa shape index (κ2) is 3.16. The van der Waals surface area contributed by atoms with Crippen molar-refractivity contribution in [3.05, 3.63) is 17.5 Å². The molecule has 0 aromatic carbocycles. The van der Waals surface area contributed by atoms with E-state index >= 15 is 0 Å². The number of hydrogen-bond donors (Lipinski definition) is 2. The number of hydrogen-bond acceptors (Lipinski definition) is 3. The Morgan fingerprint density at radius 2 is 2.55 bits per heavy atom. The van der Waals surface area contributed by atoms with Crippen molar-refractivity contribution in [1.82, 2.24) is 15.7 Å². The van der Waals surface area contributed by atoms with Crippen LogP contribution in [-0.4, -0.2) is 23.2 Å². The molecule has 0 aliphatic heterocycles. The van der Waals surface area contributed by atoms with Gasteiger partial charge >= 0.3 is 0 Å². The number of nitrogens with one attached hydrogen (secondary N) is 2. The monoisotopic (exact) mass is 155 g/mol. The SMILES string of the molecule is CONC(=O)c1[nH]ncc1C. The zero-order valence-corrected chi connectivity index (χ0v) is 6.34. The minimum atomic E-state index is -0.317. The number of carbonyl (C=O) groups excluding carboxylic acids is 1. The fourth-order valence-electron chi connectivity index (χ4n) is 0.720. The number of aromatic amines is 1. The number of nitrogens with zero attached hydrogens (tertiary/aromatic N) is 1. The number of carbonyl (C=O) groups is 1. The number of aryl methyl sites for hydroxylation is 1. The lowest BCUT2D eigenvalue weighted by Crippen LogP contribution is -2.22. The van der Waals surface area contributed by atoms with Crippen LogP contribution in [0.15, 0.2) is 6.20 Å². The molecule has 0 aliphatic rings. The highest BCUT2D eigenvalue weighted by molar-refractivity contribution is 5.92. The van der Waals surface area contributed by atoms with Gasteiger partial charge in [-0.25, -0.2) is 5.48 Å². The van der Waals surface area contributed by atoms with Crippen molar-refractivity contribution in [1.29, 1.82) is 0 Å². The molecule has 0 saturated heterocycles. The minimum absolute atomic E-state index is 0.317. The van der Waals surface area contributed by atoms with Crippen molar-refractivity contribution in [2.45, 2.75) is 6.92 Å². The summed E-state index contributed by atoms with van der Waals surface area (Å²) in [5, 5.41) is 6.23. The number of rotatable bonds is 2. The predicted octanol–water partition coefficient (Wildman–Crippen LogP) is 0.00932. The molecule has 0 unspecified atom stereocenters. The van der Waals surface area contributed by atoms with Gasteiger partial charge in [-0.15, -0.1) is 0 Å². The molecular weight excluding hydrogens is 146 g/mol. The molecule has 0 aliphatic carbocycles. The summed E-state index contributed by atoms with van der Waals surface area (Å²) in [6.07, 6.45) is 1.57. The van der Waals surface area contributed by atoms with Crippen LogP contribution in [0.5, 0.6) is 0 Å². The largest absolute Gasteiger partial charge is 0.293 e. The lowest BCUT2D eigenvalue weighted by molar-refractivity contribution is 0.0531. The number of aromatic nitrogens is 2. The first-order chi connectivity index (χ1) is 5.25. The third-order valence-corrected chi connectivity index (χ3v) is 1.25. The topological polar surface area (TPSA) is 67.0 Å². The number of amides is 1. The fraction of sp³-hybridized carbons (Fsp3) is 0.333. The molecule has 0 atom stereocenters. The van der Waals surface area contributed by atoms with E-state index in [0.717, 1.165) is 5.56 Å². The third kappa shape index (κ3) is 1.56. The molecule has 0 spiro atoms. The molecular formula is C6H9N3O2. The molecule has 1 rings (SSSR count). The van der Waals surface area contributed by atoms with E-state index in [9.17, 15) is 4.79 Å². The van der Waals surface area contributed by atoms with Crippen LogP contribution in [0.25, 0.3) is 0 Å². The Bertz CT molecular complexity index is 256. The molecule has 0 bridgehead atoms. The van der Waals surface area contributed by atoms with Crippen LogP contribution in [0.2, 0.25) is 0 Å². The van der Waals surface area contributed by atoms with E-state index in [-0.39, 0.29) is 5.91 Å². The van der Waals surface area contributed by atoms with E-state index in [1.54, 1.807) is 13.1 Å². The molecule has 1 aromatic rings. The van der Waals surface area contributed by atoms with Crippen LogP contribution in [0.3, 0.4) is 0 Å². The van der Waals surface area contributed by atoms with Crippen LogP contribution < -0.4 is 5.48 Å². The van der Waals surface area contributed by atoms with Crippen LogP contribution in [0.4, 0.5) is 0 Å². The summed E-state index contributed by atoms with van der Waals surface area (Å²) in [6.45, 7) is 1.79. The Kier molecular flexibility index (Phi) is 2.22. The zero-order chi connectivity index (χ0) is 8.27. The van der Waals surface area contributed by atoms with Crippen molar-refractivity contribution < 1.29 is 9.63 Å². The molecule has 5 nitrogen and oxygen atoms in total. The van der Waals surface area contributed by atoms with Gasteiger partial charge in [-0.05, 0) is 12.5 Å². The summed E-state index contributed by atoms with van der Waals surface area (Å²) in [5.74, 6) is -0.317. The van der Waals surface area contributed by atoms with E-state index in [2.05, 4.69) is 20.5 Å². The summed E-state index contributed by atoms with van der Waals surface area (Å²) in [4.78, 5) is 15.5. The van der Waals surface area contributed by atoms with Crippen molar-refractivity contribution in [3.63, 3.8) is 0 Å². The highest BCUT2D eigenvalue weighted by Crippen LogP contribution is 2.00. The van der Waals surface area contributed by atoms with Gasteiger partial charge in [0, 0.05) is 0 Å². The van der Waals surface area contributed by atoms with Crippen molar-refractivity contribution in [2.75, 3.05) is 7.11 Å². The van der Waals surface area contributed by atoms with Crippen LogP contribution >= 0.6 is 0 Å².